The van der Waals surface area contributed by atoms with Crippen molar-refractivity contribution >= 4 is 22.8 Å². The van der Waals surface area contributed by atoms with E-state index in [1.165, 1.54) is 17.7 Å². The van der Waals surface area contributed by atoms with Crippen LogP contribution in [0.2, 0.25) is 0 Å². The van der Waals surface area contributed by atoms with Crippen molar-refractivity contribution in [2.45, 2.75) is 13.5 Å². The van der Waals surface area contributed by atoms with Gasteiger partial charge in [0.2, 0.25) is 0 Å². The first-order chi connectivity index (χ1) is 10.1. The Morgan fingerprint density at radius 3 is 2.71 bits per heavy atom. The number of anilines is 1. The monoisotopic (exact) mass is 283 g/mol. The van der Waals surface area contributed by atoms with Gasteiger partial charge in [-0.25, -0.2) is 0 Å². The second kappa shape index (κ2) is 5.24. The van der Waals surface area contributed by atoms with E-state index >= 15 is 0 Å². The highest BCUT2D eigenvalue weighted by atomic mass is 16.6. The smallest absolute Gasteiger partial charge is 0.295 e. The van der Waals surface area contributed by atoms with Crippen LogP contribution in [0.1, 0.15) is 11.1 Å². The maximum absolute atomic E-state index is 10.7. The minimum absolute atomic E-state index is 0.000819. The van der Waals surface area contributed by atoms with Gasteiger partial charge in [0.05, 0.1) is 4.92 Å². The molecule has 6 heteroatoms. The van der Waals surface area contributed by atoms with Crippen molar-refractivity contribution in [2.75, 3.05) is 5.32 Å². The van der Waals surface area contributed by atoms with Crippen LogP contribution in [0, 0.1) is 17.0 Å². The van der Waals surface area contributed by atoms with Crippen LogP contribution in [-0.4, -0.2) is 9.91 Å². The van der Waals surface area contributed by atoms with E-state index in [4.69, 9.17) is 4.42 Å². The number of aromatic nitrogens is 1. The van der Waals surface area contributed by atoms with Crippen molar-refractivity contribution in [3.05, 3.63) is 63.7 Å². The lowest BCUT2D eigenvalue weighted by atomic mass is 10.1. The van der Waals surface area contributed by atoms with Gasteiger partial charge in [-0.2, -0.15) is 4.98 Å². The number of nitrogens with one attached hydrogen (secondary N) is 1. The fourth-order valence-corrected chi connectivity index (χ4v) is 1.99. The number of non-ortho nitro benzene ring substituents is 1. The first-order valence-corrected chi connectivity index (χ1v) is 6.46. The molecule has 0 fully saturated rings. The van der Waals surface area contributed by atoms with Gasteiger partial charge in [-0.1, -0.05) is 29.8 Å². The van der Waals surface area contributed by atoms with E-state index in [9.17, 15) is 10.1 Å². The summed E-state index contributed by atoms with van der Waals surface area (Å²) >= 11 is 0. The van der Waals surface area contributed by atoms with Crippen molar-refractivity contribution in [3.63, 3.8) is 0 Å². The number of aryl methyl sites for hydroxylation is 1. The van der Waals surface area contributed by atoms with E-state index in [-0.39, 0.29) is 5.69 Å². The Morgan fingerprint density at radius 1 is 1.24 bits per heavy atom. The predicted octanol–water partition coefficient (Wildman–Crippen LogP) is 3.66. The summed E-state index contributed by atoms with van der Waals surface area (Å²) in [4.78, 5) is 14.5. The van der Waals surface area contributed by atoms with Crippen molar-refractivity contribution in [1.29, 1.82) is 0 Å². The van der Waals surface area contributed by atoms with Crippen molar-refractivity contribution < 1.29 is 9.34 Å². The minimum atomic E-state index is -0.451. The molecule has 2 aromatic carbocycles. The highest BCUT2D eigenvalue weighted by molar-refractivity contribution is 5.77. The van der Waals surface area contributed by atoms with E-state index in [0.717, 1.165) is 5.56 Å². The Hall–Kier alpha value is -2.89. The molecule has 1 aromatic heterocycles. The molecular weight excluding hydrogens is 270 g/mol. The van der Waals surface area contributed by atoms with Gasteiger partial charge in [0.1, 0.15) is 5.52 Å². The van der Waals surface area contributed by atoms with Crippen LogP contribution in [0.15, 0.2) is 46.9 Å². The third kappa shape index (κ3) is 2.84. The van der Waals surface area contributed by atoms with E-state index in [2.05, 4.69) is 10.3 Å². The van der Waals surface area contributed by atoms with E-state index < -0.39 is 4.92 Å². The summed E-state index contributed by atoms with van der Waals surface area (Å²) in [6.07, 6.45) is 0. The molecule has 6 nitrogen and oxygen atoms in total. The maximum atomic E-state index is 10.7. The second-order valence-electron chi connectivity index (χ2n) is 4.77. The quantitative estimate of drug-likeness (QED) is 0.583. The molecule has 0 aliphatic heterocycles. The van der Waals surface area contributed by atoms with Gasteiger partial charge in [0.15, 0.2) is 5.58 Å². The number of rotatable bonds is 4. The van der Waals surface area contributed by atoms with Crippen molar-refractivity contribution in [2.24, 2.45) is 0 Å². The summed E-state index contributed by atoms with van der Waals surface area (Å²) < 4.78 is 5.50. The summed E-state index contributed by atoms with van der Waals surface area (Å²) in [6.45, 7) is 2.61. The maximum Gasteiger partial charge on any atom is 0.295 e. The van der Waals surface area contributed by atoms with Gasteiger partial charge in [-0.15, -0.1) is 0 Å². The molecule has 3 aromatic rings. The summed E-state index contributed by atoms with van der Waals surface area (Å²) in [6, 6.07) is 12.8. The molecule has 21 heavy (non-hydrogen) atoms. The molecule has 1 N–H and O–H groups in total. The molecule has 0 aliphatic carbocycles. The number of fused-ring (bicyclic) bond motifs is 1. The van der Waals surface area contributed by atoms with Crippen LogP contribution in [-0.2, 0) is 6.54 Å². The highest BCUT2D eigenvalue weighted by Gasteiger charge is 2.11. The molecule has 3 rings (SSSR count). The molecular formula is C15H13N3O3. The number of nitrogens with zero attached hydrogens (tertiary/aromatic N) is 2. The summed E-state index contributed by atoms with van der Waals surface area (Å²) in [7, 11) is 0. The van der Waals surface area contributed by atoms with Gasteiger partial charge < -0.3 is 9.73 Å². The normalized spacial score (nSPS) is 10.7. The molecule has 1 heterocycles. The molecule has 0 atom stereocenters. The zero-order chi connectivity index (χ0) is 14.8. The van der Waals surface area contributed by atoms with Gasteiger partial charge in [0.25, 0.3) is 11.7 Å². The first-order valence-electron chi connectivity index (χ1n) is 6.46. The van der Waals surface area contributed by atoms with Gasteiger partial charge >= 0.3 is 0 Å². The van der Waals surface area contributed by atoms with E-state index in [1.54, 1.807) is 6.07 Å². The lowest BCUT2D eigenvalue weighted by Crippen LogP contribution is -1.99. The van der Waals surface area contributed by atoms with Gasteiger partial charge in [-0.05, 0) is 18.6 Å². The third-order valence-electron chi connectivity index (χ3n) is 3.15. The zero-order valence-corrected chi connectivity index (χ0v) is 11.4. The molecule has 0 bridgehead atoms. The number of nitro benzene ring substituents is 1. The van der Waals surface area contributed by atoms with Crippen LogP contribution >= 0.6 is 0 Å². The first kappa shape index (κ1) is 13.1. The summed E-state index contributed by atoms with van der Waals surface area (Å²) in [5, 5.41) is 13.8. The predicted molar refractivity (Wildman–Crippen MR) is 79.2 cm³/mol. The number of nitro groups is 1. The Kier molecular flexibility index (Phi) is 3.27. The Labute approximate surface area is 120 Å². The molecule has 0 spiro atoms. The fourth-order valence-electron chi connectivity index (χ4n) is 1.99. The van der Waals surface area contributed by atoms with Gasteiger partial charge in [-0.3, -0.25) is 10.1 Å². The minimum Gasteiger partial charge on any atom is -0.424 e. The zero-order valence-electron chi connectivity index (χ0n) is 11.4. The van der Waals surface area contributed by atoms with Crippen LogP contribution in [0.25, 0.3) is 11.1 Å². The molecule has 0 saturated heterocycles. The average Bonchev–Trinajstić information content (AvgIpc) is 2.88. The van der Waals surface area contributed by atoms with Gasteiger partial charge in [0, 0.05) is 18.7 Å². The van der Waals surface area contributed by atoms with Crippen LogP contribution in [0.3, 0.4) is 0 Å². The molecule has 0 amide bonds. The van der Waals surface area contributed by atoms with Crippen LogP contribution in [0.5, 0.6) is 0 Å². The lowest BCUT2D eigenvalue weighted by Gasteiger charge is -2.02. The standard InChI is InChI=1S/C15H13N3O3/c1-10-2-4-11(5-3-10)9-16-15-17-13-8-12(18(19)20)6-7-14(13)21-15/h2-8H,9H2,1H3,(H,16,17). The number of hydrogen-bond acceptors (Lipinski definition) is 5. The fraction of sp³-hybridized carbons (Fsp3) is 0.133. The largest absolute Gasteiger partial charge is 0.424 e. The molecule has 0 saturated carbocycles. The average molecular weight is 283 g/mol. The number of hydrogen-bond donors (Lipinski definition) is 1. The Morgan fingerprint density at radius 2 is 2.00 bits per heavy atom. The number of oxazole rings is 1. The molecule has 0 unspecified atom stereocenters. The molecule has 0 aliphatic rings. The second-order valence-corrected chi connectivity index (χ2v) is 4.77. The summed E-state index contributed by atoms with van der Waals surface area (Å²) in [5.74, 6) is 0. The van der Waals surface area contributed by atoms with E-state index in [0.29, 0.717) is 23.7 Å². The topological polar surface area (TPSA) is 81.2 Å². The Balaban J connectivity index is 1.78. The van der Waals surface area contributed by atoms with Crippen molar-refractivity contribution in [1.82, 2.24) is 4.98 Å². The molecule has 106 valence electrons. The lowest BCUT2D eigenvalue weighted by molar-refractivity contribution is -0.384. The highest BCUT2D eigenvalue weighted by Crippen LogP contribution is 2.23. The van der Waals surface area contributed by atoms with E-state index in [1.807, 2.05) is 31.2 Å². The molecule has 0 radical (unpaired) electrons. The Bertz CT molecular complexity index is 794. The summed E-state index contributed by atoms with van der Waals surface area (Å²) in [5.41, 5.74) is 3.30. The number of benzene rings is 2. The van der Waals surface area contributed by atoms with Crippen molar-refractivity contribution in [3.8, 4) is 0 Å². The SMILES string of the molecule is Cc1ccc(CNc2nc3cc([N+](=O)[O-])ccc3o2)cc1. The van der Waals surface area contributed by atoms with Crippen LogP contribution < -0.4 is 5.32 Å². The van der Waals surface area contributed by atoms with Crippen LogP contribution in [0.4, 0.5) is 11.7 Å². The third-order valence-corrected chi connectivity index (χ3v) is 3.15.